The van der Waals surface area contributed by atoms with Gasteiger partial charge in [0.25, 0.3) is 0 Å². The lowest BCUT2D eigenvalue weighted by atomic mass is 9.71. The fraction of sp³-hybridized carbons (Fsp3) is 0.474. The van der Waals surface area contributed by atoms with Gasteiger partial charge in [-0.15, -0.1) is 0 Å². The molecule has 1 atom stereocenters. The first-order valence-corrected chi connectivity index (χ1v) is 8.90. The number of methoxy groups -OCH3 is 1. The van der Waals surface area contributed by atoms with Crippen LogP contribution in [-0.4, -0.2) is 61.2 Å². The quantitative estimate of drug-likeness (QED) is 0.895. The highest BCUT2D eigenvalue weighted by Crippen LogP contribution is 2.48. The summed E-state index contributed by atoms with van der Waals surface area (Å²) in [6.45, 7) is 4.87. The normalized spacial score (nSPS) is 21.3. The number of oxazole rings is 1. The fourth-order valence-electron chi connectivity index (χ4n) is 4.22. The summed E-state index contributed by atoms with van der Waals surface area (Å²) in [7, 11) is 3.47. The van der Waals surface area contributed by atoms with Crippen molar-refractivity contribution < 1.29 is 18.3 Å². The largest absolute Gasteiger partial charge is 0.494 e. The van der Waals surface area contributed by atoms with Crippen LogP contribution in [0.4, 0.5) is 14.9 Å². The Bertz CT molecular complexity index is 862. The molecule has 8 heteroatoms. The van der Waals surface area contributed by atoms with Crippen LogP contribution in [0.15, 0.2) is 28.8 Å². The average molecular weight is 374 g/mol. The van der Waals surface area contributed by atoms with Crippen molar-refractivity contribution in [2.45, 2.75) is 12.8 Å². The van der Waals surface area contributed by atoms with E-state index in [1.807, 2.05) is 6.92 Å². The first kappa shape index (κ1) is 17.8. The van der Waals surface area contributed by atoms with Crippen LogP contribution in [0.25, 0.3) is 0 Å². The molecule has 27 heavy (non-hydrogen) atoms. The second-order valence-corrected chi connectivity index (χ2v) is 7.56. The number of ether oxygens (including phenoxy) is 1. The zero-order valence-corrected chi connectivity index (χ0v) is 15.7. The van der Waals surface area contributed by atoms with Crippen molar-refractivity contribution in [2.75, 3.05) is 45.7 Å². The Balaban J connectivity index is 1.43. The number of carbonyl (C=O) groups excluding carboxylic acids is 1. The molecule has 3 heterocycles. The van der Waals surface area contributed by atoms with Crippen LogP contribution >= 0.6 is 0 Å². The number of rotatable bonds is 3. The molecule has 1 unspecified atom stereocenters. The predicted molar refractivity (Wildman–Crippen MR) is 97.5 cm³/mol. The van der Waals surface area contributed by atoms with Gasteiger partial charge in [0.2, 0.25) is 0 Å². The Labute approximate surface area is 157 Å². The van der Waals surface area contributed by atoms with Crippen molar-refractivity contribution in [3.05, 3.63) is 41.9 Å². The average Bonchev–Trinajstić information content (AvgIpc) is 3.16. The number of hydrogen-bond donors (Lipinski definition) is 1. The van der Waals surface area contributed by atoms with Gasteiger partial charge in [0.1, 0.15) is 5.76 Å². The van der Waals surface area contributed by atoms with Gasteiger partial charge in [-0.25, -0.2) is 14.2 Å². The summed E-state index contributed by atoms with van der Waals surface area (Å²) >= 11 is 0. The number of hydrogen-bond acceptors (Lipinski definition) is 5. The summed E-state index contributed by atoms with van der Waals surface area (Å²) < 4.78 is 24.5. The van der Waals surface area contributed by atoms with E-state index in [0.717, 1.165) is 24.7 Å². The Morgan fingerprint density at radius 2 is 2.19 bits per heavy atom. The lowest BCUT2D eigenvalue weighted by Crippen LogP contribution is -2.62. The molecule has 4 rings (SSSR count). The maximum absolute atomic E-state index is 13.8. The van der Waals surface area contributed by atoms with Crippen LogP contribution in [0.5, 0.6) is 5.75 Å². The Morgan fingerprint density at radius 1 is 1.41 bits per heavy atom. The molecule has 2 saturated heterocycles. The molecule has 1 spiro atoms. The summed E-state index contributed by atoms with van der Waals surface area (Å²) in [5.41, 5.74) is 0.358. The molecule has 0 saturated carbocycles. The number of nitrogens with zero attached hydrogens (tertiary/aromatic N) is 3. The number of likely N-dealkylation sites (N-methyl/N-ethyl adjacent to an activating group) is 1. The number of carbonyl (C=O) groups is 1. The summed E-state index contributed by atoms with van der Waals surface area (Å²) in [5.74, 6) is 1.35. The third-order valence-corrected chi connectivity index (χ3v) is 5.46. The van der Waals surface area contributed by atoms with Gasteiger partial charge in [0.15, 0.2) is 17.5 Å². The fourth-order valence-corrected chi connectivity index (χ4v) is 4.22. The SMILES string of the molecule is COc1ccc(NC(=O)N2CC3(CN(C)CC3c3ncc(C)o3)C2)cc1F. The van der Waals surface area contributed by atoms with Gasteiger partial charge in [-0.2, -0.15) is 0 Å². The van der Waals surface area contributed by atoms with Crippen molar-refractivity contribution in [3.8, 4) is 5.75 Å². The molecule has 7 nitrogen and oxygen atoms in total. The molecular formula is C19H23FN4O3. The van der Waals surface area contributed by atoms with E-state index >= 15 is 0 Å². The molecule has 1 aromatic carbocycles. The summed E-state index contributed by atoms with van der Waals surface area (Å²) in [5, 5.41) is 2.75. The van der Waals surface area contributed by atoms with E-state index in [1.165, 1.54) is 19.2 Å². The Hall–Kier alpha value is -2.61. The highest BCUT2D eigenvalue weighted by Gasteiger charge is 2.56. The van der Waals surface area contributed by atoms with Crippen molar-refractivity contribution in [2.24, 2.45) is 5.41 Å². The molecule has 2 amide bonds. The van der Waals surface area contributed by atoms with Crippen LogP contribution in [0.2, 0.25) is 0 Å². The first-order valence-electron chi connectivity index (χ1n) is 8.90. The van der Waals surface area contributed by atoms with Crippen molar-refractivity contribution in [3.63, 3.8) is 0 Å². The Morgan fingerprint density at radius 3 is 2.81 bits per heavy atom. The summed E-state index contributed by atoms with van der Waals surface area (Å²) in [6.07, 6.45) is 1.74. The van der Waals surface area contributed by atoms with Gasteiger partial charge >= 0.3 is 6.03 Å². The minimum absolute atomic E-state index is 0.0471. The number of halogens is 1. The van der Waals surface area contributed by atoms with E-state index in [0.29, 0.717) is 18.8 Å². The zero-order valence-electron chi connectivity index (χ0n) is 15.7. The van der Waals surface area contributed by atoms with Gasteiger partial charge in [-0.05, 0) is 26.1 Å². The van der Waals surface area contributed by atoms with Gasteiger partial charge in [-0.1, -0.05) is 0 Å². The molecule has 2 aromatic rings. The van der Waals surface area contributed by atoms with E-state index in [-0.39, 0.29) is 23.1 Å². The lowest BCUT2D eigenvalue weighted by molar-refractivity contribution is 0.0281. The number of amides is 2. The number of benzene rings is 1. The van der Waals surface area contributed by atoms with Crippen LogP contribution in [0, 0.1) is 18.2 Å². The van der Waals surface area contributed by atoms with Crippen LogP contribution in [0.3, 0.4) is 0 Å². The van der Waals surface area contributed by atoms with Crippen molar-refractivity contribution in [1.29, 1.82) is 0 Å². The topological polar surface area (TPSA) is 70.8 Å². The van der Waals surface area contributed by atoms with Gasteiger partial charge in [0.05, 0.1) is 19.2 Å². The first-order chi connectivity index (χ1) is 12.9. The van der Waals surface area contributed by atoms with Crippen molar-refractivity contribution in [1.82, 2.24) is 14.8 Å². The molecule has 2 aliphatic heterocycles. The second kappa shape index (κ2) is 6.53. The lowest BCUT2D eigenvalue weighted by Gasteiger charge is -2.50. The van der Waals surface area contributed by atoms with Gasteiger partial charge in [-0.3, -0.25) is 0 Å². The van der Waals surface area contributed by atoms with E-state index in [4.69, 9.17) is 9.15 Å². The number of nitrogens with one attached hydrogen (secondary N) is 1. The molecule has 0 bridgehead atoms. The smallest absolute Gasteiger partial charge is 0.321 e. The summed E-state index contributed by atoms with van der Waals surface area (Å²) in [4.78, 5) is 20.9. The highest BCUT2D eigenvalue weighted by molar-refractivity contribution is 5.90. The third kappa shape index (κ3) is 3.14. The molecule has 144 valence electrons. The van der Waals surface area contributed by atoms with E-state index in [2.05, 4.69) is 22.2 Å². The minimum atomic E-state index is -0.507. The van der Waals surface area contributed by atoms with Gasteiger partial charge < -0.3 is 24.3 Å². The standard InChI is InChI=1S/C19H23FN4O3/c1-12-7-21-17(27-12)14-8-23(2)9-19(14)10-24(11-19)18(25)22-13-4-5-16(26-3)15(20)6-13/h4-7,14H,8-11H2,1-3H3,(H,22,25). The second-order valence-electron chi connectivity index (χ2n) is 7.56. The number of urea groups is 1. The van der Waals surface area contributed by atoms with E-state index in [9.17, 15) is 9.18 Å². The maximum Gasteiger partial charge on any atom is 0.321 e. The van der Waals surface area contributed by atoms with Crippen LogP contribution in [0.1, 0.15) is 17.6 Å². The minimum Gasteiger partial charge on any atom is -0.494 e. The molecular weight excluding hydrogens is 351 g/mol. The zero-order chi connectivity index (χ0) is 19.2. The molecule has 2 aliphatic rings. The number of aryl methyl sites for hydroxylation is 1. The molecule has 1 aromatic heterocycles. The monoisotopic (exact) mass is 374 g/mol. The van der Waals surface area contributed by atoms with Crippen molar-refractivity contribution >= 4 is 11.7 Å². The van der Waals surface area contributed by atoms with Gasteiger partial charge in [0, 0.05) is 43.3 Å². The number of likely N-dealkylation sites (tertiary alicyclic amines) is 2. The molecule has 1 N–H and O–H groups in total. The number of anilines is 1. The van der Waals surface area contributed by atoms with Crippen LogP contribution in [-0.2, 0) is 0 Å². The van der Waals surface area contributed by atoms with E-state index in [1.54, 1.807) is 17.2 Å². The summed E-state index contributed by atoms with van der Waals surface area (Å²) in [6, 6.07) is 4.14. The predicted octanol–water partition coefficient (Wildman–Crippen LogP) is 2.69. The highest BCUT2D eigenvalue weighted by atomic mass is 19.1. The molecule has 0 radical (unpaired) electrons. The third-order valence-electron chi connectivity index (χ3n) is 5.46. The maximum atomic E-state index is 13.8. The Kier molecular flexibility index (Phi) is 4.30. The number of aromatic nitrogens is 1. The molecule has 0 aliphatic carbocycles. The van der Waals surface area contributed by atoms with E-state index < -0.39 is 5.82 Å². The van der Waals surface area contributed by atoms with Crippen LogP contribution < -0.4 is 10.1 Å². The molecule has 2 fully saturated rings.